The standard InChI is InChI=1S/C33H27N3O5S/c1-22-13-16-24(17-14-22)34-30(37)21-41-28-18-15-23(20-29(28)40-2)19-27-31(38)35(25-9-5-3-6-10-25)33(42)36(32(27)39)26-11-7-4-8-12-26/h3-20H,21H2,1-2H3,(H,34,37). The van der Waals surface area contributed by atoms with Gasteiger partial charge >= 0.3 is 0 Å². The van der Waals surface area contributed by atoms with E-state index in [1.807, 2.05) is 43.3 Å². The first-order chi connectivity index (χ1) is 20.4. The second-order valence-corrected chi connectivity index (χ2v) is 9.77. The lowest BCUT2D eigenvalue weighted by Crippen LogP contribution is -2.56. The smallest absolute Gasteiger partial charge is 0.270 e. The molecule has 210 valence electrons. The van der Waals surface area contributed by atoms with Crippen LogP contribution < -0.4 is 24.6 Å². The molecule has 1 aliphatic heterocycles. The number of hydrogen-bond donors (Lipinski definition) is 1. The SMILES string of the molecule is COc1cc(C=C2C(=O)N(c3ccccc3)C(=S)N(c3ccccc3)C2=O)ccc1OCC(=O)Nc1ccc(C)cc1. The molecule has 0 atom stereocenters. The van der Waals surface area contributed by atoms with Crippen LogP contribution in [0.25, 0.3) is 6.08 Å². The molecule has 1 fully saturated rings. The number of benzene rings is 4. The number of aryl methyl sites for hydroxylation is 1. The summed E-state index contributed by atoms with van der Waals surface area (Å²) in [6, 6.07) is 30.2. The van der Waals surface area contributed by atoms with E-state index in [4.69, 9.17) is 21.7 Å². The highest BCUT2D eigenvalue weighted by Gasteiger charge is 2.41. The molecule has 0 saturated carbocycles. The molecule has 0 aromatic heterocycles. The Hall–Kier alpha value is -5.28. The zero-order chi connectivity index (χ0) is 29.6. The first-order valence-corrected chi connectivity index (χ1v) is 13.5. The number of nitrogens with one attached hydrogen (secondary N) is 1. The molecule has 8 nitrogen and oxygen atoms in total. The molecule has 9 heteroatoms. The normalized spacial score (nSPS) is 13.2. The van der Waals surface area contributed by atoms with Gasteiger partial charge in [-0.2, -0.15) is 0 Å². The molecular formula is C33H27N3O5S. The minimum Gasteiger partial charge on any atom is -0.493 e. The van der Waals surface area contributed by atoms with Crippen molar-refractivity contribution in [2.45, 2.75) is 6.92 Å². The third-order valence-corrected chi connectivity index (χ3v) is 6.84. The number of para-hydroxylation sites is 2. The molecule has 42 heavy (non-hydrogen) atoms. The van der Waals surface area contributed by atoms with Crippen LogP contribution in [-0.4, -0.2) is 36.6 Å². The highest BCUT2D eigenvalue weighted by atomic mass is 32.1. The molecule has 1 saturated heterocycles. The molecule has 0 bridgehead atoms. The largest absolute Gasteiger partial charge is 0.493 e. The van der Waals surface area contributed by atoms with Crippen LogP contribution in [0.1, 0.15) is 11.1 Å². The lowest BCUT2D eigenvalue weighted by Gasteiger charge is -2.36. The summed E-state index contributed by atoms with van der Waals surface area (Å²) in [6.45, 7) is 1.73. The van der Waals surface area contributed by atoms with Gasteiger partial charge in [-0.05, 0) is 79.3 Å². The Balaban J connectivity index is 1.42. The Morgan fingerprint density at radius 3 is 1.93 bits per heavy atom. The van der Waals surface area contributed by atoms with E-state index in [9.17, 15) is 14.4 Å². The lowest BCUT2D eigenvalue weighted by molar-refractivity contribution is -0.121. The maximum Gasteiger partial charge on any atom is 0.270 e. The van der Waals surface area contributed by atoms with Crippen LogP contribution in [0.4, 0.5) is 17.1 Å². The summed E-state index contributed by atoms with van der Waals surface area (Å²) < 4.78 is 11.2. The molecule has 4 aromatic rings. The van der Waals surface area contributed by atoms with Crippen LogP contribution in [0, 0.1) is 6.92 Å². The fourth-order valence-electron chi connectivity index (χ4n) is 4.38. The van der Waals surface area contributed by atoms with E-state index < -0.39 is 11.8 Å². The van der Waals surface area contributed by atoms with Crippen LogP contribution in [0.15, 0.2) is 109 Å². The first kappa shape index (κ1) is 28.3. The Morgan fingerprint density at radius 2 is 1.38 bits per heavy atom. The van der Waals surface area contributed by atoms with Crippen molar-refractivity contribution < 1.29 is 23.9 Å². The number of nitrogens with zero attached hydrogens (tertiary/aromatic N) is 2. The van der Waals surface area contributed by atoms with Gasteiger partial charge in [0.15, 0.2) is 23.2 Å². The Morgan fingerprint density at radius 1 is 0.810 bits per heavy atom. The minimum atomic E-state index is -0.546. The van der Waals surface area contributed by atoms with Crippen molar-refractivity contribution in [3.8, 4) is 11.5 Å². The number of ether oxygens (including phenoxy) is 2. The third kappa shape index (κ3) is 6.06. The van der Waals surface area contributed by atoms with Gasteiger partial charge in [0.25, 0.3) is 17.7 Å². The van der Waals surface area contributed by atoms with E-state index >= 15 is 0 Å². The molecular weight excluding hydrogens is 550 g/mol. The number of carbonyl (C=O) groups is 3. The molecule has 1 aliphatic rings. The Labute approximate surface area is 248 Å². The number of carbonyl (C=O) groups excluding carboxylic acids is 3. The van der Waals surface area contributed by atoms with Crippen LogP contribution in [-0.2, 0) is 14.4 Å². The van der Waals surface area contributed by atoms with E-state index in [1.165, 1.54) is 23.0 Å². The highest BCUT2D eigenvalue weighted by molar-refractivity contribution is 7.81. The van der Waals surface area contributed by atoms with Crippen molar-refractivity contribution in [2.24, 2.45) is 0 Å². The molecule has 0 unspecified atom stereocenters. The van der Waals surface area contributed by atoms with Crippen LogP contribution in [0.3, 0.4) is 0 Å². The predicted molar refractivity (Wildman–Crippen MR) is 167 cm³/mol. The van der Waals surface area contributed by atoms with Crippen LogP contribution >= 0.6 is 12.2 Å². The van der Waals surface area contributed by atoms with Gasteiger partial charge in [-0.3, -0.25) is 24.2 Å². The average molecular weight is 578 g/mol. The van der Waals surface area contributed by atoms with Gasteiger partial charge in [0.05, 0.1) is 18.5 Å². The number of hydrogen-bond acceptors (Lipinski definition) is 6. The fraction of sp³-hybridized carbons (Fsp3) is 0.0909. The second kappa shape index (κ2) is 12.5. The minimum absolute atomic E-state index is 0.0600. The molecule has 0 aliphatic carbocycles. The average Bonchev–Trinajstić information content (AvgIpc) is 3.01. The number of methoxy groups -OCH3 is 1. The summed E-state index contributed by atoms with van der Waals surface area (Å²) in [5, 5.41) is 2.84. The number of anilines is 3. The van der Waals surface area contributed by atoms with Crippen LogP contribution in [0.2, 0.25) is 0 Å². The number of rotatable bonds is 8. The number of thiocarbonyl (C=S) groups is 1. The Bertz CT molecular complexity index is 1610. The van der Waals surface area contributed by atoms with Gasteiger partial charge in [-0.25, -0.2) is 0 Å². The predicted octanol–water partition coefficient (Wildman–Crippen LogP) is 5.77. The van der Waals surface area contributed by atoms with Crippen molar-refractivity contribution in [2.75, 3.05) is 28.8 Å². The molecule has 4 aromatic carbocycles. The monoisotopic (exact) mass is 577 g/mol. The van der Waals surface area contributed by atoms with Gasteiger partial charge in [-0.15, -0.1) is 0 Å². The molecule has 1 N–H and O–H groups in total. The lowest BCUT2D eigenvalue weighted by atomic mass is 10.0. The zero-order valence-corrected chi connectivity index (χ0v) is 23.8. The summed E-state index contributed by atoms with van der Waals surface area (Å²) in [4.78, 5) is 42.5. The van der Waals surface area contributed by atoms with E-state index in [-0.39, 0.29) is 23.2 Å². The van der Waals surface area contributed by atoms with Crippen molar-refractivity contribution in [3.63, 3.8) is 0 Å². The van der Waals surface area contributed by atoms with Gasteiger partial charge in [0.1, 0.15) is 5.57 Å². The maximum absolute atomic E-state index is 13.7. The maximum atomic E-state index is 13.7. The van der Waals surface area contributed by atoms with Crippen molar-refractivity contribution >= 4 is 58.2 Å². The topological polar surface area (TPSA) is 88.2 Å². The molecule has 0 radical (unpaired) electrons. The third-order valence-electron chi connectivity index (χ3n) is 6.47. The first-order valence-electron chi connectivity index (χ1n) is 13.1. The van der Waals surface area contributed by atoms with Crippen molar-refractivity contribution in [1.82, 2.24) is 0 Å². The van der Waals surface area contributed by atoms with Crippen molar-refractivity contribution in [3.05, 3.63) is 120 Å². The quantitative estimate of drug-likeness (QED) is 0.163. The summed E-state index contributed by atoms with van der Waals surface area (Å²) >= 11 is 5.65. The summed E-state index contributed by atoms with van der Waals surface area (Å²) in [7, 11) is 1.47. The highest BCUT2D eigenvalue weighted by Crippen LogP contribution is 2.32. The second-order valence-electron chi connectivity index (χ2n) is 9.41. The molecule has 3 amide bonds. The van der Waals surface area contributed by atoms with E-state index in [0.717, 1.165) is 5.56 Å². The Kier molecular flexibility index (Phi) is 8.40. The van der Waals surface area contributed by atoms with E-state index in [1.54, 1.807) is 66.7 Å². The summed E-state index contributed by atoms with van der Waals surface area (Å²) in [5.74, 6) is -0.758. The van der Waals surface area contributed by atoms with Gasteiger partial charge in [0.2, 0.25) is 0 Å². The molecule has 1 heterocycles. The van der Waals surface area contributed by atoms with Crippen LogP contribution in [0.5, 0.6) is 11.5 Å². The molecule has 5 rings (SSSR count). The number of amides is 3. The molecule has 0 spiro atoms. The van der Waals surface area contributed by atoms with Gasteiger partial charge in [-0.1, -0.05) is 60.2 Å². The summed E-state index contributed by atoms with van der Waals surface area (Å²) in [6.07, 6.45) is 1.49. The van der Waals surface area contributed by atoms with Crippen molar-refractivity contribution in [1.29, 1.82) is 0 Å². The zero-order valence-electron chi connectivity index (χ0n) is 22.9. The fourth-order valence-corrected chi connectivity index (χ4v) is 4.75. The summed E-state index contributed by atoms with van der Waals surface area (Å²) in [5.41, 5.74) is 3.27. The van der Waals surface area contributed by atoms with E-state index in [0.29, 0.717) is 34.1 Å². The van der Waals surface area contributed by atoms with E-state index in [2.05, 4.69) is 5.32 Å². The van der Waals surface area contributed by atoms with Gasteiger partial charge in [0, 0.05) is 5.69 Å². The van der Waals surface area contributed by atoms with Gasteiger partial charge < -0.3 is 14.8 Å².